The molecule has 0 aliphatic heterocycles. The number of hydrogen-bond donors (Lipinski definition) is 1. The van der Waals surface area contributed by atoms with Crippen molar-refractivity contribution in [1.82, 2.24) is 4.98 Å². The Morgan fingerprint density at radius 1 is 1.14 bits per heavy atom. The number of nitrogens with zero attached hydrogens (tertiary/aromatic N) is 1. The summed E-state index contributed by atoms with van der Waals surface area (Å²) in [6.07, 6.45) is 1.78. The maximum absolute atomic E-state index is 5.44. The molecular formula is C16H19BrN2O2. The Hall–Kier alpha value is -1.59. The van der Waals surface area contributed by atoms with Gasteiger partial charge in [-0.1, -0.05) is 28.1 Å². The molecule has 0 aliphatic rings. The molecule has 2 aromatic rings. The highest BCUT2D eigenvalue weighted by Gasteiger charge is 2.05. The lowest BCUT2D eigenvalue weighted by atomic mass is 10.1. The van der Waals surface area contributed by atoms with E-state index < -0.39 is 0 Å². The number of pyridine rings is 1. The summed E-state index contributed by atoms with van der Waals surface area (Å²) in [5.74, 6) is 0.605. The summed E-state index contributed by atoms with van der Waals surface area (Å²) in [5.41, 5.74) is 2.18. The minimum Gasteiger partial charge on any atom is -0.475 e. The van der Waals surface area contributed by atoms with Gasteiger partial charge in [-0.15, -0.1) is 0 Å². The van der Waals surface area contributed by atoms with Gasteiger partial charge in [0.2, 0.25) is 5.88 Å². The van der Waals surface area contributed by atoms with E-state index in [1.807, 2.05) is 24.3 Å². The van der Waals surface area contributed by atoms with Crippen molar-refractivity contribution in [1.29, 1.82) is 0 Å². The van der Waals surface area contributed by atoms with Crippen LogP contribution < -0.4 is 10.1 Å². The number of aromatic nitrogens is 1. The normalized spacial score (nSPS) is 12.0. The number of hydrogen-bond acceptors (Lipinski definition) is 4. The molecule has 0 fully saturated rings. The second-order valence-corrected chi connectivity index (χ2v) is 5.56. The zero-order valence-electron chi connectivity index (χ0n) is 12.2. The van der Waals surface area contributed by atoms with Crippen molar-refractivity contribution in [3.05, 3.63) is 52.6 Å². The number of nitrogens with one attached hydrogen (secondary N) is 1. The topological polar surface area (TPSA) is 43.4 Å². The minimum absolute atomic E-state index is 0.208. The van der Waals surface area contributed by atoms with E-state index in [9.17, 15) is 0 Å². The van der Waals surface area contributed by atoms with E-state index in [2.05, 4.69) is 45.3 Å². The molecule has 21 heavy (non-hydrogen) atoms. The maximum atomic E-state index is 5.44. The van der Waals surface area contributed by atoms with Crippen LogP contribution in [0.15, 0.2) is 47.1 Å². The van der Waals surface area contributed by atoms with E-state index in [-0.39, 0.29) is 6.04 Å². The summed E-state index contributed by atoms with van der Waals surface area (Å²) in [6, 6.07) is 12.3. The Morgan fingerprint density at radius 3 is 2.52 bits per heavy atom. The Morgan fingerprint density at radius 2 is 1.90 bits per heavy atom. The molecule has 0 aliphatic carbocycles. The zero-order valence-corrected chi connectivity index (χ0v) is 13.8. The molecule has 1 aromatic heterocycles. The number of benzene rings is 1. The van der Waals surface area contributed by atoms with E-state index in [1.54, 1.807) is 13.3 Å². The number of ether oxygens (including phenoxy) is 2. The predicted octanol–water partition coefficient (Wildman–Crippen LogP) is 4.04. The lowest BCUT2D eigenvalue weighted by molar-refractivity contribution is 0.144. The van der Waals surface area contributed by atoms with Crippen molar-refractivity contribution >= 4 is 21.6 Å². The van der Waals surface area contributed by atoms with Crippen LogP contribution in [-0.2, 0) is 4.74 Å². The monoisotopic (exact) mass is 350 g/mol. The second-order valence-electron chi connectivity index (χ2n) is 4.64. The molecule has 0 spiro atoms. The largest absolute Gasteiger partial charge is 0.475 e. The van der Waals surface area contributed by atoms with Crippen LogP contribution in [0.2, 0.25) is 0 Å². The quantitative estimate of drug-likeness (QED) is 0.765. The van der Waals surface area contributed by atoms with Gasteiger partial charge < -0.3 is 14.8 Å². The van der Waals surface area contributed by atoms with Crippen LogP contribution in [0.1, 0.15) is 18.5 Å². The number of rotatable bonds is 7. The van der Waals surface area contributed by atoms with E-state index in [4.69, 9.17) is 9.47 Å². The lowest BCUT2D eigenvalue weighted by Gasteiger charge is -2.15. The fourth-order valence-corrected chi connectivity index (χ4v) is 2.13. The van der Waals surface area contributed by atoms with Crippen molar-refractivity contribution in [2.45, 2.75) is 13.0 Å². The van der Waals surface area contributed by atoms with Crippen LogP contribution in [0, 0.1) is 0 Å². The first-order chi connectivity index (χ1) is 10.2. The van der Waals surface area contributed by atoms with Crippen molar-refractivity contribution in [2.75, 3.05) is 25.6 Å². The van der Waals surface area contributed by atoms with Gasteiger partial charge in [-0.2, -0.15) is 0 Å². The van der Waals surface area contributed by atoms with Gasteiger partial charge in [-0.25, -0.2) is 4.98 Å². The fourth-order valence-electron chi connectivity index (χ4n) is 1.87. The lowest BCUT2D eigenvalue weighted by Crippen LogP contribution is -2.08. The third-order valence-electron chi connectivity index (χ3n) is 3.03. The summed E-state index contributed by atoms with van der Waals surface area (Å²) in [7, 11) is 1.65. The molecule has 0 amide bonds. The van der Waals surface area contributed by atoms with Crippen LogP contribution in [0.5, 0.6) is 5.88 Å². The standard InChI is InChI=1S/C16H19BrN2O2/c1-12(13-3-5-14(17)6-4-13)19-15-7-8-16(18-11-15)21-10-9-20-2/h3-8,11-12,19H,9-10H2,1-2H3. The number of halogens is 1. The van der Waals surface area contributed by atoms with Gasteiger partial charge in [-0.3, -0.25) is 0 Å². The predicted molar refractivity (Wildman–Crippen MR) is 87.8 cm³/mol. The highest BCUT2D eigenvalue weighted by molar-refractivity contribution is 9.10. The number of methoxy groups -OCH3 is 1. The van der Waals surface area contributed by atoms with Gasteiger partial charge in [0.15, 0.2) is 0 Å². The molecule has 1 N–H and O–H groups in total. The summed E-state index contributed by atoms with van der Waals surface area (Å²) in [4.78, 5) is 4.26. The smallest absolute Gasteiger partial charge is 0.213 e. The Labute approximate surface area is 133 Å². The molecule has 0 saturated heterocycles. The first-order valence-corrected chi connectivity index (χ1v) is 7.58. The SMILES string of the molecule is COCCOc1ccc(NC(C)c2ccc(Br)cc2)cn1. The number of anilines is 1. The highest BCUT2D eigenvalue weighted by atomic mass is 79.9. The molecule has 112 valence electrons. The average molecular weight is 351 g/mol. The molecule has 5 heteroatoms. The van der Waals surface area contributed by atoms with Crippen LogP contribution in [0.25, 0.3) is 0 Å². The maximum Gasteiger partial charge on any atom is 0.213 e. The molecule has 1 heterocycles. The van der Waals surface area contributed by atoms with Gasteiger partial charge in [0, 0.05) is 23.7 Å². The Bertz CT molecular complexity index is 543. The molecule has 1 aromatic carbocycles. The molecule has 0 bridgehead atoms. The van der Waals surface area contributed by atoms with Crippen molar-refractivity contribution in [3.8, 4) is 5.88 Å². The average Bonchev–Trinajstić information content (AvgIpc) is 2.50. The van der Waals surface area contributed by atoms with E-state index in [0.29, 0.717) is 19.1 Å². The summed E-state index contributed by atoms with van der Waals surface area (Å²) in [6.45, 7) is 3.18. The molecule has 1 unspecified atom stereocenters. The molecule has 1 atom stereocenters. The van der Waals surface area contributed by atoms with Gasteiger partial charge in [0.25, 0.3) is 0 Å². The van der Waals surface area contributed by atoms with E-state index in [0.717, 1.165) is 10.2 Å². The van der Waals surface area contributed by atoms with Crippen LogP contribution >= 0.6 is 15.9 Å². The molecular weight excluding hydrogens is 332 g/mol. The van der Waals surface area contributed by atoms with Gasteiger partial charge in [0.05, 0.1) is 18.5 Å². The fraction of sp³-hybridized carbons (Fsp3) is 0.312. The van der Waals surface area contributed by atoms with Gasteiger partial charge in [0.1, 0.15) is 6.61 Å². The van der Waals surface area contributed by atoms with Crippen molar-refractivity contribution in [3.63, 3.8) is 0 Å². The molecule has 0 saturated carbocycles. The van der Waals surface area contributed by atoms with E-state index >= 15 is 0 Å². The van der Waals surface area contributed by atoms with E-state index in [1.165, 1.54) is 5.56 Å². The Kier molecular flexibility index (Phi) is 6.02. The zero-order chi connectivity index (χ0) is 15.1. The van der Waals surface area contributed by atoms with Crippen LogP contribution in [-0.4, -0.2) is 25.3 Å². The second kappa shape index (κ2) is 8.00. The molecule has 2 rings (SSSR count). The van der Waals surface area contributed by atoms with Crippen LogP contribution in [0.3, 0.4) is 0 Å². The first-order valence-electron chi connectivity index (χ1n) is 6.79. The van der Waals surface area contributed by atoms with Crippen LogP contribution in [0.4, 0.5) is 5.69 Å². The van der Waals surface area contributed by atoms with Crippen molar-refractivity contribution in [2.24, 2.45) is 0 Å². The minimum atomic E-state index is 0.208. The Balaban J connectivity index is 1.91. The first kappa shape index (κ1) is 15.8. The molecule has 0 radical (unpaired) electrons. The van der Waals surface area contributed by atoms with Gasteiger partial charge >= 0.3 is 0 Å². The third kappa shape index (κ3) is 5.02. The van der Waals surface area contributed by atoms with Gasteiger partial charge in [-0.05, 0) is 30.7 Å². The summed E-state index contributed by atoms with van der Waals surface area (Å²) >= 11 is 3.44. The molecule has 4 nitrogen and oxygen atoms in total. The third-order valence-corrected chi connectivity index (χ3v) is 3.56. The highest BCUT2D eigenvalue weighted by Crippen LogP contribution is 2.21. The van der Waals surface area contributed by atoms with Crippen molar-refractivity contribution < 1.29 is 9.47 Å². The summed E-state index contributed by atoms with van der Waals surface area (Å²) < 4.78 is 11.4. The summed E-state index contributed by atoms with van der Waals surface area (Å²) in [5, 5.41) is 3.41.